The Morgan fingerprint density at radius 3 is 2.41 bits per heavy atom. The summed E-state index contributed by atoms with van der Waals surface area (Å²) in [4.78, 5) is 28.9. The number of rotatable bonds is 4. The molecule has 0 atom stereocenters. The van der Waals surface area contributed by atoms with E-state index in [4.69, 9.17) is 20.8 Å². The zero-order chi connectivity index (χ0) is 20.4. The van der Waals surface area contributed by atoms with Gasteiger partial charge in [0.2, 0.25) is 5.91 Å². The first-order valence-corrected chi connectivity index (χ1v) is 9.79. The molecule has 29 heavy (non-hydrogen) atoms. The predicted molar refractivity (Wildman–Crippen MR) is 110 cm³/mol. The van der Waals surface area contributed by atoms with Crippen molar-refractivity contribution in [1.29, 1.82) is 0 Å². The number of carbonyl (C=O) groups excluding carboxylic acids is 2. The van der Waals surface area contributed by atoms with Gasteiger partial charge >= 0.3 is 0 Å². The molecule has 0 saturated carbocycles. The highest BCUT2D eigenvalue weighted by Gasteiger charge is 2.25. The van der Waals surface area contributed by atoms with Crippen LogP contribution in [-0.2, 0) is 11.2 Å². The maximum absolute atomic E-state index is 12.8. The first-order chi connectivity index (χ1) is 14.0. The van der Waals surface area contributed by atoms with Gasteiger partial charge in [-0.3, -0.25) is 9.59 Å². The maximum Gasteiger partial charge on any atom is 0.253 e. The van der Waals surface area contributed by atoms with E-state index >= 15 is 0 Å². The van der Waals surface area contributed by atoms with Crippen molar-refractivity contribution in [2.45, 2.75) is 6.42 Å². The van der Waals surface area contributed by atoms with Gasteiger partial charge in [0, 0.05) is 53.8 Å². The van der Waals surface area contributed by atoms with Gasteiger partial charge in [-0.1, -0.05) is 11.6 Å². The molecule has 1 aliphatic rings. The summed E-state index contributed by atoms with van der Waals surface area (Å²) >= 11 is 5.88. The molecule has 6 nitrogen and oxygen atoms in total. The summed E-state index contributed by atoms with van der Waals surface area (Å²) in [6, 6.07) is 12.4. The van der Waals surface area contributed by atoms with Gasteiger partial charge in [0.05, 0.1) is 19.8 Å². The van der Waals surface area contributed by atoms with Gasteiger partial charge in [-0.2, -0.15) is 0 Å². The van der Waals surface area contributed by atoms with Gasteiger partial charge in [0.1, 0.15) is 11.3 Å². The standard InChI is InChI=1S/C22H21ClN2O4/c1-28-18-6-7-19-16(14-29-20(19)13-18)12-21(26)24-8-10-25(11-9-24)22(27)15-2-4-17(23)5-3-15/h2-7,13-14H,8-12H2,1H3. The molecule has 0 radical (unpaired) electrons. The summed E-state index contributed by atoms with van der Waals surface area (Å²) in [7, 11) is 1.60. The van der Waals surface area contributed by atoms with Crippen molar-refractivity contribution in [2.75, 3.05) is 33.3 Å². The van der Waals surface area contributed by atoms with E-state index in [-0.39, 0.29) is 18.2 Å². The third kappa shape index (κ3) is 4.07. The maximum atomic E-state index is 12.8. The number of nitrogens with zero attached hydrogens (tertiary/aromatic N) is 2. The molecule has 0 bridgehead atoms. The molecular formula is C22H21ClN2O4. The van der Waals surface area contributed by atoms with Gasteiger partial charge < -0.3 is 19.0 Å². The van der Waals surface area contributed by atoms with Crippen molar-refractivity contribution in [3.63, 3.8) is 0 Å². The monoisotopic (exact) mass is 412 g/mol. The molecule has 2 heterocycles. The summed E-state index contributed by atoms with van der Waals surface area (Å²) in [6.45, 7) is 2.05. The van der Waals surface area contributed by atoms with Gasteiger partial charge in [0.25, 0.3) is 5.91 Å². The lowest BCUT2D eigenvalue weighted by Crippen LogP contribution is -2.51. The fourth-order valence-corrected chi connectivity index (χ4v) is 3.66. The Morgan fingerprint density at radius 1 is 1.03 bits per heavy atom. The molecule has 1 aromatic heterocycles. The topological polar surface area (TPSA) is 63.0 Å². The van der Waals surface area contributed by atoms with Crippen molar-refractivity contribution in [3.8, 4) is 5.75 Å². The molecule has 2 amide bonds. The first kappa shape index (κ1) is 19.3. The summed E-state index contributed by atoms with van der Waals surface area (Å²) < 4.78 is 10.8. The molecule has 1 fully saturated rings. The smallest absolute Gasteiger partial charge is 0.253 e. The molecule has 0 spiro atoms. The largest absolute Gasteiger partial charge is 0.497 e. The van der Waals surface area contributed by atoms with Crippen LogP contribution in [0.3, 0.4) is 0 Å². The molecular weight excluding hydrogens is 392 g/mol. The van der Waals surface area contributed by atoms with E-state index in [9.17, 15) is 9.59 Å². The number of hydrogen-bond donors (Lipinski definition) is 0. The Kier molecular flexibility index (Phi) is 5.45. The molecule has 7 heteroatoms. The lowest BCUT2D eigenvalue weighted by atomic mass is 10.1. The summed E-state index contributed by atoms with van der Waals surface area (Å²) in [5.41, 5.74) is 2.16. The van der Waals surface area contributed by atoms with Gasteiger partial charge in [-0.05, 0) is 36.4 Å². The average molecular weight is 413 g/mol. The lowest BCUT2D eigenvalue weighted by Gasteiger charge is -2.34. The van der Waals surface area contributed by atoms with E-state index in [2.05, 4.69) is 0 Å². The van der Waals surface area contributed by atoms with Crippen molar-refractivity contribution >= 4 is 34.4 Å². The van der Waals surface area contributed by atoms with Crippen molar-refractivity contribution < 1.29 is 18.7 Å². The van der Waals surface area contributed by atoms with Crippen molar-refractivity contribution in [2.24, 2.45) is 0 Å². The second kappa shape index (κ2) is 8.17. The number of methoxy groups -OCH3 is 1. The highest BCUT2D eigenvalue weighted by atomic mass is 35.5. The third-order valence-corrected chi connectivity index (χ3v) is 5.47. The number of halogens is 1. The van der Waals surface area contributed by atoms with Crippen LogP contribution in [0.2, 0.25) is 5.02 Å². The SMILES string of the molecule is COc1ccc2c(CC(=O)N3CCN(C(=O)c4ccc(Cl)cc4)CC3)coc2c1. The lowest BCUT2D eigenvalue weighted by molar-refractivity contribution is -0.131. The van der Waals surface area contributed by atoms with Crippen LogP contribution in [0.4, 0.5) is 0 Å². The highest BCUT2D eigenvalue weighted by Crippen LogP contribution is 2.26. The molecule has 1 saturated heterocycles. The predicted octanol–water partition coefficient (Wildman–Crippen LogP) is 3.62. The van der Waals surface area contributed by atoms with E-state index < -0.39 is 0 Å². The second-order valence-corrected chi connectivity index (χ2v) is 7.42. The minimum atomic E-state index is -0.0384. The highest BCUT2D eigenvalue weighted by molar-refractivity contribution is 6.30. The number of carbonyl (C=O) groups is 2. The molecule has 2 aromatic carbocycles. The number of fused-ring (bicyclic) bond motifs is 1. The Balaban J connectivity index is 1.37. The molecule has 150 valence electrons. The molecule has 0 unspecified atom stereocenters. The number of piperazine rings is 1. The average Bonchev–Trinajstić information content (AvgIpc) is 3.15. The normalized spacial score (nSPS) is 14.3. The van der Waals surface area contributed by atoms with E-state index in [1.165, 1.54) is 0 Å². The van der Waals surface area contributed by atoms with Crippen LogP contribution in [0.25, 0.3) is 11.0 Å². The van der Waals surface area contributed by atoms with Crippen LogP contribution in [-0.4, -0.2) is 54.9 Å². The van der Waals surface area contributed by atoms with Crippen LogP contribution in [0, 0.1) is 0 Å². The van der Waals surface area contributed by atoms with Crippen LogP contribution in [0.15, 0.2) is 53.1 Å². The second-order valence-electron chi connectivity index (χ2n) is 6.98. The van der Waals surface area contributed by atoms with E-state index in [1.54, 1.807) is 47.4 Å². The molecule has 1 aliphatic heterocycles. The zero-order valence-corrected chi connectivity index (χ0v) is 16.8. The van der Waals surface area contributed by atoms with E-state index in [1.807, 2.05) is 18.2 Å². The quantitative estimate of drug-likeness (QED) is 0.656. The van der Waals surface area contributed by atoms with Crippen LogP contribution in [0.1, 0.15) is 15.9 Å². The molecule has 0 N–H and O–H groups in total. The molecule has 4 rings (SSSR count). The van der Waals surface area contributed by atoms with Gasteiger partial charge in [-0.25, -0.2) is 0 Å². The van der Waals surface area contributed by atoms with E-state index in [0.717, 1.165) is 10.9 Å². The Labute approximate surface area is 173 Å². The first-order valence-electron chi connectivity index (χ1n) is 9.42. The molecule has 3 aromatic rings. The fourth-order valence-electron chi connectivity index (χ4n) is 3.54. The van der Waals surface area contributed by atoms with Crippen molar-refractivity contribution in [3.05, 3.63) is 64.9 Å². The number of ether oxygens (including phenoxy) is 1. The summed E-state index contributed by atoms with van der Waals surface area (Å²) in [5, 5.41) is 1.51. The molecule has 0 aliphatic carbocycles. The fraction of sp³-hybridized carbons (Fsp3) is 0.273. The van der Waals surface area contributed by atoms with E-state index in [0.29, 0.717) is 48.1 Å². The van der Waals surface area contributed by atoms with Crippen molar-refractivity contribution in [1.82, 2.24) is 9.80 Å². The number of furan rings is 1. The minimum Gasteiger partial charge on any atom is -0.497 e. The number of benzene rings is 2. The Hall–Kier alpha value is -2.99. The van der Waals surface area contributed by atoms with Crippen LogP contribution < -0.4 is 4.74 Å². The summed E-state index contributed by atoms with van der Waals surface area (Å²) in [5.74, 6) is 0.705. The zero-order valence-electron chi connectivity index (χ0n) is 16.1. The summed E-state index contributed by atoms with van der Waals surface area (Å²) in [6.07, 6.45) is 1.90. The Morgan fingerprint density at radius 2 is 1.72 bits per heavy atom. The minimum absolute atomic E-state index is 0.0297. The Bertz CT molecular complexity index is 1040. The van der Waals surface area contributed by atoms with Crippen LogP contribution in [0.5, 0.6) is 5.75 Å². The van der Waals surface area contributed by atoms with Crippen LogP contribution >= 0.6 is 11.6 Å². The van der Waals surface area contributed by atoms with Gasteiger partial charge in [-0.15, -0.1) is 0 Å². The number of hydrogen-bond acceptors (Lipinski definition) is 4. The number of amides is 2. The third-order valence-electron chi connectivity index (χ3n) is 5.22. The van der Waals surface area contributed by atoms with Gasteiger partial charge in [0.15, 0.2) is 0 Å².